The normalized spacial score (nSPS) is 22.6. The predicted molar refractivity (Wildman–Crippen MR) is 67.9 cm³/mol. The molecule has 1 aliphatic carbocycles. The molecule has 1 rings (SSSR count). The van der Waals surface area contributed by atoms with Crippen molar-refractivity contribution in [1.82, 2.24) is 0 Å². The first kappa shape index (κ1) is 13.0. The van der Waals surface area contributed by atoms with Gasteiger partial charge in [-0.05, 0) is 24.7 Å². The van der Waals surface area contributed by atoms with Crippen molar-refractivity contribution < 1.29 is 0 Å². The Hall–Kier alpha value is -0.0400. The highest BCUT2D eigenvalue weighted by atomic mass is 14.7. The average molecular weight is 211 g/mol. The van der Waals surface area contributed by atoms with E-state index in [0.29, 0.717) is 11.5 Å². The molecule has 1 aliphatic rings. The number of hydrogen-bond acceptors (Lipinski definition) is 1. The largest absolute Gasteiger partial charge is 0.327 e. The number of unbranched alkanes of at least 4 members (excludes halogenated alkanes) is 3. The van der Waals surface area contributed by atoms with Crippen molar-refractivity contribution in [2.24, 2.45) is 11.1 Å². The lowest BCUT2D eigenvalue weighted by molar-refractivity contribution is 0.161. The van der Waals surface area contributed by atoms with E-state index >= 15 is 0 Å². The molecule has 1 nitrogen and oxygen atoms in total. The van der Waals surface area contributed by atoms with Gasteiger partial charge in [-0.2, -0.15) is 0 Å². The van der Waals surface area contributed by atoms with E-state index in [0.717, 1.165) is 0 Å². The van der Waals surface area contributed by atoms with Crippen molar-refractivity contribution in [3.8, 4) is 0 Å². The Kier molecular flexibility index (Phi) is 5.66. The van der Waals surface area contributed by atoms with Gasteiger partial charge < -0.3 is 5.73 Å². The van der Waals surface area contributed by atoms with E-state index < -0.39 is 0 Å². The first-order chi connectivity index (χ1) is 7.19. The Labute approximate surface area is 95.8 Å². The molecule has 1 heteroatoms. The van der Waals surface area contributed by atoms with Crippen LogP contribution < -0.4 is 5.73 Å². The molecule has 0 saturated heterocycles. The molecule has 90 valence electrons. The van der Waals surface area contributed by atoms with Crippen LogP contribution in [-0.4, -0.2) is 6.04 Å². The lowest BCUT2D eigenvalue weighted by atomic mass is 9.69. The number of rotatable bonds is 6. The first-order valence-electron chi connectivity index (χ1n) is 6.94. The van der Waals surface area contributed by atoms with E-state index in [1.807, 2.05) is 0 Å². The maximum absolute atomic E-state index is 6.36. The van der Waals surface area contributed by atoms with Gasteiger partial charge in [-0.25, -0.2) is 0 Å². The second kappa shape index (κ2) is 6.52. The van der Waals surface area contributed by atoms with Gasteiger partial charge in [-0.15, -0.1) is 0 Å². The van der Waals surface area contributed by atoms with Gasteiger partial charge >= 0.3 is 0 Å². The van der Waals surface area contributed by atoms with Gasteiger partial charge in [0.2, 0.25) is 0 Å². The van der Waals surface area contributed by atoms with Gasteiger partial charge in [0, 0.05) is 6.04 Å². The molecule has 0 bridgehead atoms. The molecule has 0 heterocycles. The summed E-state index contributed by atoms with van der Waals surface area (Å²) in [6, 6.07) is 0.453. The molecule has 1 fully saturated rings. The molecule has 1 unspecified atom stereocenters. The van der Waals surface area contributed by atoms with E-state index in [2.05, 4.69) is 13.8 Å². The smallest absolute Gasteiger partial charge is 0.00929 e. The average Bonchev–Trinajstić information content (AvgIpc) is 2.25. The summed E-state index contributed by atoms with van der Waals surface area (Å²) < 4.78 is 0. The van der Waals surface area contributed by atoms with Crippen LogP contribution >= 0.6 is 0 Å². The molecule has 15 heavy (non-hydrogen) atoms. The minimum absolute atomic E-state index is 0.453. The summed E-state index contributed by atoms with van der Waals surface area (Å²) in [5.41, 5.74) is 6.83. The van der Waals surface area contributed by atoms with Crippen molar-refractivity contribution in [2.45, 2.75) is 84.1 Å². The van der Waals surface area contributed by atoms with Gasteiger partial charge in [0.05, 0.1) is 0 Å². The second-order valence-corrected chi connectivity index (χ2v) is 5.67. The fourth-order valence-corrected chi connectivity index (χ4v) is 2.87. The van der Waals surface area contributed by atoms with Crippen molar-refractivity contribution in [2.75, 3.05) is 0 Å². The van der Waals surface area contributed by atoms with Crippen LogP contribution in [0.1, 0.15) is 78.1 Å². The van der Waals surface area contributed by atoms with Crippen LogP contribution in [0.15, 0.2) is 0 Å². The van der Waals surface area contributed by atoms with Crippen LogP contribution in [0.4, 0.5) is 0 Å². The molecule has 0 aromatic carbocycles. The molecule has 0 aliphatic heterocycles. The quantitative estimate of drug-likeness (QED) is 0.653. The minimum Gasteiger partial charge on any atom is -0.327 e. The molecular weight excluding hydrogens is 182 g/mol. The first-order valence-corrected chi connectivity index (χ1v) is 6.94. The third kappa shape index (κ3) is 4.14. The van der Waals surface area contributed by atoms with Crippen LogP contribution in [0.25, 0.3) is 0 Å². The minimum atomic E-state index is 0.453. The standard InChI is InChI=1S/C14H29N/c1-3-4-5-7-10-13(15)14(2)11-8-6-9-12-14/h13H,3-12,15H2,1-2H3. The highest BCUT2D eigenvalue weighted by molar-refractivity contribution is 4.87. The van der Waals surface area contributed by atoms with Crippen LogP contribution in [0.2, 0.25) is 0 Å². The van der Waals surface area contributed by atoms with Gasteiger partial charge in [-0.1, -0.05) is 58.8 Å². The summed E-state index contributed by atoms with van der Waals surface area (Å²) in [5.74, 6) is 0. The molecule has 0 aromatic rings. The lowest BCUT2D eigenvalue weighted by Gasteiger charge is -2.39. The zero-order valence-corrected chi connectivity index (χ0v) is 10.7. The highest BCUT2D eigenvalue weighted by Crippen LogP contribution is 2.39. The van der Waals surface area contributed by atoms with Crippen LogP contribution in [-0.2, 0) is 0 Å². The summed E-state index contributed by atoms with van der Waals surface area (Å²) in [6.45, 7) is 4.68. The summed E-state index contributed by atoms with van der Waals surface area (Å²) in [7, 11) is 0. The van der Waals surface area contributed by atoms with E-state index in [1.54, 1.807) is 0 Å². The summed E-state index contributed by atoms with van der Waals surface area (Å²) in [4.78, 5) is 0. The molecule has 0 spiro atoms. The van der Waals surface area contributed by atoms with E-state index in [1.165, 1.54) is 64.2 Å². The van der Waals surface area contributed by atoms with Crippen molar-refractivity contribution in [3.63, 3.8) is 0 Å². The maximum Gasteiger partial charge on any atom is 0.00929 e. The Morgan fingerprint density at radius 3 is 2.33 bits per heavy atom. The summed E-state index contributed by atoms with van der Waals surface area (Å²) in [6.07, 6.45) is 13.6. The van der Waals surface area contributed by atoms with Crippen molar-refractivity contribution >= 4 is 0 Å². The molecule has 1 saturated carbocycles. The monoisotopic (exact) mass is 211 g/mol. The predicted octanol–water partition coefficient (Wildman–Crippen LogP) is 4.25. The third-order valence-corrected chi connectivity index (χ3v) is 4.26. The van der Waals surface area contributed by atoms with Crippen LogP contribution in [0, 0.1) is 5.41 Å². The molecule has 0 radical (unpaired) electrons. The summed E-state index contributed by atoms with van der Waals surface area (Å²) in [5, 5.41) is 0. The SMILES string of the molecule is CCCCCCC(N)C1(C)CCCCC1. The fraction of sp³-hybridized carbons (Fsp3) is 1.00. The number of hydrogen-bond donors (Lipinski definition) is 1. The molecular formula is C14H29N. The Morgan fingerprint density at radius 2 is 1.73 bits per heavy atom. The van der Waals surface area contributed by atoms with E-state index in [9.17, 15) is 0 Å². The van der Waals surface area contributed by atoms with E-state index in [4.69, 9.17) is 5.73 Å². The molecule has 0 aromatic heterocycles. The van der Waals surface area contributed by atoms with Crippen molar-refractivity contribution in [3.05, 3.63) is 0 Å². The van der Waals surface area contributed by atoms with Crippen LogP contribution in [0.3, 0.4) is 0 Å². The lowest BCUT2D eigenvalue weighted by Crippen LogP contribution is -2.40. The highest BCUT2D eigenvalue weighted by Gasteiger charge is 2.32. The third-order valence-electron chi connectivity index (χ3n) is 4.26. The Balaban J connectivity index is 2.22. The maximum atomic E-state index is 6.36. The molecule has 0 amide bonds. The Morgan fingerprint density at radius 1 is 1.07 bits per heavy atom. The Bertz CT molecular complexity index is 159. The zero-order valence-electron chi connectivity index (χ0n) is 10.7. The van der Waals surface area contributed by atoms with Crippen molar-refractivity contribution in [1.29, 1.82) is 0 Å². The molecule has 1 atom stereocenters. The second-order valence-electron chi connectivity index (χ2n) is 5.67. The van der Waals surface area contributed by atoms with Gasteiger partial charge in [0.15, 0.2) is 0 Å². The fourth-order valence-electron chi connectivity index (χ4n) is 2.87. The summed E-state index contributed by atoms with van der Waals surface area (Å²) >= 11 is 0. The van der Waals surface area contributed by atoms with E-state index in [-0.39, 0.29) is 0 Å². The number of nitrogens with two attached hydrogens (primary N) is 1. The topological polar surface area (TPSA) is 26.0 Å². The van der Waals surface area contributed by atoms with Gasteiger partial charge in [0.1, 0.15) is 0 Å². The van der Waals surface area contributed by atoms with Crippen LogP contribution in [0.5, 0.6) is 0 Å². The molecule has 2 N–H and O–H groups in total. The zero-order chi connectivity index (χ0) is 11.1. The van der Waals surface area contributed by atoms with Gasteiger partial charge in [0.25, 0.3) is 0 Å². The van der Waals surface area contributed by atoms with Gasteiger partial charge in [-0.3, -0.25) is 0 Å².